The first-order valence-corrected chi connectivity index (χ1v) is 5.13. The van der Waals surface area contributed by atoms with Crippen molar-refractivity contribution in [1.29, 1.82) is 0 Å². The Morgan fingerprint density at radius 1 is 1.20 bits per heavy atom. The topological polar surface area (TPSA) is 29.5 Å². The highest BCUT2D eigenvalue weighted by Gasteiger charge is 2.16. The molecule has 1 aromatic rings. The van der Waals surface area contributed by atoms with Gasteiger partial charge in [0.25, 0.3) is 0 Å². The Morgan fingerprint density at radius 2 is 1.87 bits per heavy atom. The lowest BCUT2D eigenvalue weighted by molar-refractivity contribution is -0.131. The van der Waals surface area contributed by atoms with E-state index in [1.807, 2.05) is 35.2 Å². The third kappa shape index (κ3) is 2.80. The van der Waals surface area contributed by atoms with Gasteiger partial charge in [0.1, 0.15) is 0 Å². The highest BCUT2D eigenvalue weighted by atomic mass is 16.5. The van der Waals surface area contributed by atoms with E-state index < -0.39 is 0 Å². The quantitative estimate of drug-likeness (QED) is 0.722. The molecule has 1 radical (unpaired) electrons. The molecule has 1 aromatic carbocycles. The van der Waals surface area contributed by atoms with E-state index in [0.717, 1.165) is 5.56 Å². The summed E-state index contributed by atoms with van der Waals surface area (Å²) in [4.78, 5) is 13.6. The third-order valence-electron chi connectivity index (χ3n) is 2.41. The van der Waals surface area contributed by atoms with E-state index in [4.69, 9.17) is 4.74 Å². The highest BCUT2D eigenvalue weighted by molar-refractivity contribution is 5.88. The van der Waals surface area contributed by atoms with E-state index in [2.05, 4.69) is 0 Å². The monoisotopic (exact) mass is 204 g/mol. The number of rotatable bonds is 2. The molecule has 0 atom stereocenters. The Kier molecular flexibility index (Phi) is 3.35. The summed E-state index contributed by atoms with van der Waals surface area (Å²) in [6.45, 7) is 2.69. The average molecular weight is 204 g/mol. The zero-order valence-electron chi connectivity index (χ0n) is 8.56. The Morgan fingerprint density at radius 3 is 2.53 bits per heavy atom. The van der Waals surface area contributed by atoms with Gasteiger partial charge in [0.15, 0.2) is 0 Å². The maximum Gasteiger partial charge on any atom is 0.231 e. The number of morpholine rings is 1. The summed E-state index contributed by atoms with van der Waals surface area (Å²) < 4.78 is 5.19. The molecule has 79 valence electrons. The third-order valence-corrected chi connectivity index (χ3v) is 2.41. The van der Waals surface area contributed by atoms with Crippen molar-refractivity contribution in [2.24, 2.45) is 0 Å². The molecule has 1 aliphatic heterocycles. The average Bonchev–Trinajstić information content (AvgIpc) is 2.31. The van der Waals surface area contributed by atoms with Crippen LogP contribution in [0.5, 0.6) is 0 Å². The SMILES string of the molecule is O=C([CH]c1ccccc1)N1CCOCC1. The summed E-state index contributed by atoms with van der Waals surface area (Å²) in [7, 11) is 0. The smallest absolute Gasteiger partial charge is 0.231 e. The molecule has 0 bridgehead atoms. The van der Waals surface area contributed by atoms with Gasteiger partial charge in [-0.1, -0.05) is 30.3 Å². The van der Waals surface area contributed by atoms with E-state index in [-0.39, 0.29) is 5.91 Å². The molecule has 0 aromatic heterocycles. The molecule has 1 amide bonds. The second-order valence-corrected chi connectivity index (χ2v) is 3.49. The second-order valence-electron chi connectivity index (χ2n) is 3.49. The molecule has 3 nitrogen and oxygen atoms in total. The summed E-state index contributed by atoms with van der Waals surface area (Å²) in [5.74, 6) is 0.0736. The van der Waals surface area contributed by atoms with E-state index in [1.165, 1.54) is 0 Å². The zero-order valence-corrected chi connectivity index (χ0v) is 8.56. The maximum atomic E-state index is 11.8. The van der Waals surface area contributed by atoms with Gasteiger partial charge in [0, 0.05) is 13.1 Å². The fraction of sp³-hybridized carbons (Fsp3) is 0.333. The highest BCUT2D eigenvalue weighted by Crippen LogP contribution is 2.06. The minimum atomic E-state index is 0.0736. The van der Waals surface area contributed by atoms with Gasteiger partial charge in [0.05, 0.1) is 19.6 Å². The lowest BCUT2D eigenvalue weighted by atomic mass is 10.1. The van der Waals surface area contributed by atoms with E-state index >= 15 is 0 Å². The van der Waals surface area contributed by atoms with Crippen LogP contribution in [0.4, 0.5) is 0 Å². The number of benzene rings is 1. The van der Waals surface area contributed by atoms with Crippen molar-refractivity contribution in [3.63, 3.8) is 0 Å². The lowest BCUT2D eigenvalue weighted by Gasteiger charge is -2.26. The first-order chi connectivity index (χ1) is 7.36. The number of ether oxygens (including phenoxy) is 1. The largest absolute Gasteiger partial charge is 0.378 e. The number of carbonyl (C=O) groups is 1. The molecule has 2 rings (SSSR count). The molecule has 0 aliphatic carbocycles. The molecule has 0 spiro atoms. The molecule has 1 aliphatic rings. The van der Waals surface area contributed by atoms with Gasteiger partial charge in [-0.25, -0.2) is 0 Å². The van der Waals surface area contributed by atoms with Crippen molar-refractivity contribution in [2.75, 3.05) is 26.3 Å². The summed E-state index contributed by atoms with van der Waals surface area (Å²) in [6, 6.07) is 9.66. The van der Waals surface area contributed by atoms with Crippen molar-refractivity contribution >= 4 is 5.91 Å². The molecule has 15 heavy (non-hydrogen) atoms. The number of nitrogens with zero attached hydrogens (tertiary/aromatic N) is 1. The van der Waals surface area contributed by atoms with Crippen molar-refractivity contribution in [2.45, 2.75) is 0 Å². The first kappa shape index (κ1) is 10.2. The van der Waals surface area contributed by atoms with Crippen LogP contribution in [0.25, 0.3) is 0 Å². The number of carbonyl (C=O) groups excluding carboxylic acids is 1. The predicted molar refractivity (Wildman–Crippen MR) is 57.2 cm³/mol. The van der Waals surface area contributed by atoms with Gasteiger partial charge in [-0.15, -0.1) is 0 Å². The van der Waals surface area contributed by atoms with Gasteiger partial charge >= 0.3 is 0 Å². The van der Waals surface area contributed by atoms with Crippen molar-refractivity contribution < 1.29 is 9.53 Å². The summed E-state index contributed by atoms with van der Waals surface area (Å²) >= 11 is 0. The number of hydrogen-bond donors (Lipinski definition) is 0. The molecular formula is C12H14NO2. The van der Waals surface area contributed by atoms with Crippen LogP contribution in [0.15, 0.2) is 30.3 Å². The minimum absolute atomic E-state index is 0.0736. The summed E-state index contributed by atoms with van der Waals surface area (Å²) in [5, 5.41) is 0. The van der Waals surface area contributed by atoms with Crippen molar-refractivity contribution in [1.82, 2.24) is 4.90 Å². The van der Waals surface area contributed by atoms with Crippen LogP contribution in [-0.2, 0) is 9.53 Å². The fourth-order valence-electron chi connectivity index (χ4n) is 1.57. The van der Waals surface area contributed by atoms with Crippen LogP contribution < -0.4 is 0 Å². The predicted octanol–water partition coefficient (Wildman–Crippen LogP) is 1.10. The van der Waals surface area contributed by atoms with Crippen LogP contribution in [0.1, 0.15) is 5.56 Å². The van der Waals surface area contributed by atoms with Crippen LogP contribution in [-0.4, -0.2) is 37.1 Å². The van der Waals surface area contributed by atoms with E-state index in [9.17, 15) is 4.79 Å². The zero-order chi connectivity index (χ0) is 10.5. The van der Waals surface area contributed by atoms with Gasteiger partial charge in [0.2, 0.25) is 5.91 Å². The van der Waals surface area contributed by atoms with E-state index in [1.54, 1.807) is 6.42 Å². The fourth-order valence-corrected chi connectivity index (χ4v) is 1.57. The number of amides is 1. The van der Waals surface area contributed by atoms with Gasteiger partial charge in [-0.3, -0.25) is 4.79 Å². The molecule has 0 N–H and O–H groups in total. The Bertz CT molecular complexity index is 318. The second kappa shape index (κ2) is 4.94. The molecule has 0 unspecified atom stereocenters. The van der Waals surface area contributed by atoms with Crippen LogP contribution in [0.3, 0.4) is 0 Å². The molecule has 1 saturated heterocycles. The molecule has 3 heteroatoms. The molecule has 0 saturated carbocycles. The van der Waals surface area contributed by atoms with Crippen molar-refractivity contribution in [3.8, 4) is 0 Å². The van der Waals surface area contributed by atoms with Gasteiger partial charge in [-0.2, -0.15) is 0 Å². The molecule has 1 heterocycles. The van der Waals surface area contributed by atoms with Gasteiger partial charge in [-0.05, 0) is 5.56 Å². The van der Waals surface area contributed by atoms with Crippen LogP contribution in [0, 0.1) is 6.42 Å². The first-order valence-electron chi connectivity index (χ1n) is 5.13. The Hall–Kier alpha value is -1.35. The van der Waals surface area contributed by atoms with E-state index in [0.29, 0.717) is 26.3 Å². The maximum absolute atomic E-state index is 11.8. The molecule has 1 fully saturated rings. The van der Waals surface area contributed by atoms with Crippen LogP contribution >= 0.6 is 0 Å². The standard InChI is InChI=1S/C12H14NO2/c14-12(13-6-8-15-9-7-13)10-11-4-2-1-3-5-11/h1-5,10H,6-9H2. The minimum Gasteiger partial charge on any atom is -0.378 e. The Labute approximate surface area is 89.7 Å². The summed E-state index contributed by atoms with van der Waals surface area (Å²) in [5.41, 5.74) is 0.953. The van der Waals surface area contributed by atoms with Crippen molar-refractivity contribution in [3.05, 3.63) is 42.3 Å². The van der Waals surface area contributed by atoms with Gasteiger partial charge < -0.3 is 9.64 Å². The lowest BCUT2D eigenvalue weighted by Crippen LogP contribution is -2.40. The normalized spacial score (nSPS) is 16.4. The summed E-state index contributed by atoms with van der Waals surface area (Å²) in [6.07, 6.45) is 1.67. The molecular weight excluding hydrogens is 190 g/mol. The van der Waals surface area contributed by atoms with Crippen LogP contribution in [0.2, 0.25) is 0 Å². The Balaban J connectivity index is 1.91. The number of hydrogen-bond acceptors (Lipinski definition) is 2.